The minimum atomic E-state index is -2.75. The second-order valence-electron chi connectivity index (χ2n) is 19.5. The Labute approximate surface area is 420 Å². The van der Waals surface area contributed by atoms with E-state index in [1.54, 1.807) is 26.6 Å². The van der Waals surface area contributed by atoms with Crippen LogP contribution in [0.3, 0.4) is 0 Å². The number of aromatic nitrogens is 4. The molecule has 0 radical (unpaired) electrons. The van der Waals surface area contributed by atoms with Crippen LogP contribution in [0.5, 0.6) is 5.75 Å². The van der Waals surface area contributed by atoms with E-state index in [9.17, 15) is 18.9 Å². The SMILES string of the molecule is CCc1ccc2c(P(C)(C)=O)c(Nc3nc(Nc4cc(CC)c(N5CCC(N6CCN(CC7CN(c8cc(F)cc9c8oc(=O)n9C8CCC(=O)NC8=O)C7)CC6)CC5)cc4OC)ncc3Br)ccc2n1. The first-order valence-electron chi connectivity index (χ1n) is 24.6. The van der Waals surface area contributed by atoms with Crippen LogP contribution in [0.25, 0.3) is 22.0 Å². The maximum atomic E-state index is 15.0. The number of rotatable bonds is 14. The van der Waals surface area contributed by atoms with E-state index in [4.69, 9.17) is 19.1 Å². The predicted molar refractivity (Wildman–Crippen MR) is 280 cm³/mol. The Morgan fingerprint density at radius 2 is 1.66 bits per heavy atom. The van der Waals surface area contributed by atoms with Crippen LogP contribution in [0.1, 0.15) is 56.8 Å². The molecular weight excluding hydrogens is 993 g/mol. The number of aryl methyl sites for hydroxylation is 2. The number of nitrogens with zero attached hydrogens (tertiary/aromatic N) is 8. The van der Waals surface area contributed by atoms with Gasteiger partial charge in [-0.3, -0.25) is 29.4 Å². The minimum Gasteiger partial charge on any atom is -0.494 e. The van der Waals surface area contributed by atoms with Gasteiger partial charge in [0.25, 0.3) is 0 Å². The summed E-state index contributed by atoms with van der Waals surface area (Å²) in [6.45, 7) is 16.0. The molecule has 3 N–H and O–H groups in total. The standard InChI is InChI=1S/C51H60BrFN11O6P/c1-6-31-22-39(57-50-54-26-36(52)48(59-50)56-38-11-10-37-35(47(38)71(4,5)68)9-8-33(7-2)55-37)44(69-3)25-41(31)62-16-14-34(15-17-62)61-20-18-60(19-21-61)27-30-28-63(29-30)42-23-32(53)24-43-46(42)70-51(67)64(43)40-12-13-45(65)58-49(40)66/h8-11,22-26,30,34,40H,6-7,12-21,27-29H2,1-5H3,(H,58,65,66)(H2,54,56,57,59). The van der Waals surface area contributed by atoms with Gasteiger partial charge >= 0.3 is 5.76 Å². The predicted octanol–water partition coefficient (Wildman–Crippen LogP) is 7.40. The van der Waals surface area contributed by atoms with E-state index in [1.807, 2.05) is 29.2 Å². The highest BCUT2D eigenvalue weighted by molar-refractivity contribution is 9.10. The van der Waals surface area contributed by atoms with E-state index < -0.39 is 36.6 Å². The lowest BCUT2D eigenvalue weighted by Gasteiger charge is -2.46. The molecule has 0 aliphatic carbocycles. The molecule has 2 amide bonds. The van der Waals surface area contributed by atoms with Gasteiger partial charge in [-0.05, 0) is 91.2 Å². The number of piperidine rings is 2. The average Bonchev–Trinajstić information content (AvgIpc) is 3.67. The van der Waals surface area contributed by atoms with E-state index >= 15 is 4.39 Å². The Hall–Kier alpha value is -5.88. The number of pyridine rings is 1. The average molecular weight is 1050 g/mol. The van der Waals surface area contributed by atoms with Gasteiger partial charge in [-0.25, -0.2) is 14.2 Å². The third-order valence-electron chi connectivity index (χ3n) is 14.6. The molecule has 7 heterocycles. The van der Waals surface area contributed by atoms with E-state index in [0.29, 0.717) is 58.4 Å². The number of methoxy groups -OCH3 is 1. The van der Waals surface area contributed by atoms with Crippen LogP contribution in [0.15, 0.2) is 68.4 Å². The third kappa shape index (κ3) is 9.90. The summed E-state index contributed by atoms with van der Waals surface area (Å²) in [6.07, 6.45) is 5.72. The first kappa shape index (κ1) is 48.7. The normalized spacial score (nSPS) is 18.8. The van der Waals surface area contributed by atoms with Gasteiger partial charge in [-0.1, -0.05) is 19.9 Å². The second-order valence-corrected chi connectivity index (χ2v) is 23.5. The number of benzene rings is 3. The third-order valence-corrected chi connectivity index (χ3v) is 16.7. The number of amides is 2. The van der Waals surface area contributed by atoms with Crippen molar-refractivity contribution in [1.29, 1.82) is 0 Å². The molecule has 71 heavy (non-hydrogen) atoms. The first-order valence-corrected chi connectivity index (χ1v) is 28.0. The lowest BCUT2D eigenvalue weighted by molar-refractivity contribution is -0.135. The van der Waals surface area contributed by atoms with E-state index in [1.165, 1.54) is 28.0 Å². The molecule has 3 aromatic carbocycles. The summed E-state index contributed by atoms with van der Waals surface area (Å²) in [5.41, 5.74) is 6.63. The maximum absolute atomic E-state index is 15.0. The lowest BCUT2D eigenvalue weighted by atomic mass is 9.97. The number of oxazole rings is 1. The van der Waals surface area contributed by atoms with Crippen molar-refractivity contribution in [3.8, 4) is 5.75 Å². The van der Waals surface area contributed by atoms with Crippen LogP contribution in [-0.2, 0) is 27.0 Å². The Kier molecular flexibility index (Phi) is 13.7. The summed E-state index contributed by atoms with van der Waals surface area (Å²) in [5, 5.41) is 10.7. The molecule has 4 aliphatic rings. The van der Waals surface area contributed by atoms with Crippen molar-refractivity contribution in [3.63, 3.8) is 0 Å². The molecule has 10 rings (SSSR count). The number of carbonyl (C=O) groups is 2. The molecule has 0 bridgehead atoms. The molecule has 0 spiro atoms. The van der Waals surface area contributed by atoms with Gasteiger partial charge in [0, 0.05) is 124 Å². The van der Waals surface area contributed by atoms with Crippen LogP contribution in [-0.4, -0.2) is 127 Å². The van der Waals surface area contributed by atoms with Crippen molar-refractivity contribution in [2.45, 2.75) is 64.5 Å². The molecule has 4 fully saturated rings. The number of imide groups is 1. The number of fused-ring (bicyclic) bond motifs is 2. The number of hydrogen-bond donors (Lipinski definition) is 3. The molecular formula is C51H60BrFN11O6P. The molecule has 17 nitrogen and oxygen atoms in total. The summed E-state index contributed by atoms with van der Waals surface area (Å²) < 4.78 is 42.2. The van der Waals surface area contributed by atoms with Crippen molar-refractivity contribution < 1.29 is 27.7 Å². The molecule has 3 aromatic heterocycles. The fourth-order valence-electron chi connectivity index (χ4n) is 10.9. The number of carbonyl (C=O) groups excluding carboxylic acids is 2. The highest BCUT2D eigenvalue weighted by atomic mass is 79.9. The Bertz CT molecular complexity index is 3140. The summed E-state index contributed by atoms with van der Waals surface area (Å²) in [7, 11) is -1.07. The number of ether oxygens (including phenoxy) is 1. The molecule has 4 aliphatic heterocycles. The number of hydrogen-bond acceptors (Lipinski definition) is 15. The molecule has 1 atom stereocenters. The van der Waals surface area contributed by atoms with Crippen LogP contribution in [0, 0.1) is 11.7 Å². The zero-order valence-electron chi connectivity index (χ0n) is 40.8. The number of nitrogens with one attached hydrogen (secondary N) is 3. The Morgan fingerprint density at radius 1 is 0.887 bits per heavy atom. The van der Waals surface area contributed by atoms with Crippen molar-refractivity contribution in [2.75, 3.05) is 99.8 Å². The molecule has 1 unspecified atom stereocenters. The quantitative estimate of drug-likeness (QED) is 0.0724. The zero-order valence-corrected chi connectivity index (χ0v) is 43.2. The van der Waals surface area contributed by atoms with Crippen molar-refractivity contribution in [1.82, 2.24) is 34.6 Å². The topological polar surface area (TPSA) is 183 Å². The second kappa shape index (κ2) is 20.0. The molecule has 374 valence electrons. The highest BCUT2D eigenvalue weighted by Crippen LogP contribution is 2.43. The summed E-state index contributed by atoms with van der Waals surface area (Å²) in [4.78, 5) is 61.3. The number of piperazine rings is 1. The molecule has 4 saturated heterocycles. The molecule has 6 aromatic rings. The minimum absolute atomic E-state index is 0.0942. The van der Waals surface area contributed by atoms with E-state index in [-0.39, 0.29) is 23.9 Å². The van der Waals surface area contributed by atoms with Crippen LogP contribution in [0.2, 0.25) is 0 Å². The fraction of sp³-hybridized carbons (Fsp3) is 0.451. The van der Waals surface area contributed by atoms with Crippen LogP contribution in [0.4, 0.5) is 38.9 Å². The van der Waals surface area contributed by atoms with Gasteiger partial charge in [-0.2, -0.15) is 4.98 Å². The zero-order chi connectivity index (χ0) is 49.7. The summed E-state index contributed by atoms with van der Waals surface area (Å²) in [6, 6.07) is 14.3. The Morgan fingerprint density at radius 3 is 2.37 bits per heavy atom. The maximum Gasteiger partial charge on any atom is 0.420 e. The van der Waals surface area contributed by atoms with Gasteiger partial charge in [0.05, 0.1) is 39.7 Å². The van der Waals surface area contributed by atoms with Gasteiger partial charge in [0.15, 0.2) is 5.58 Å². The molecule has 20 heteroatoms. The van der Waals surface area contributed by atoms with Crippen LogP contribution < -0.4 is 41.5 Å². The van der Waals surface area contributed by atoms with Gasteiger partial charge < -0.3 is 39.1 Å². The highest BCUT2D eigenvalue weighted by Gasteiger charge is 2.36. The van der Waals surface area contributed by atoms with Gasteiger partial charge in [0.2, 0.25) is 17.8 Å². The largest absolute Gasteiger partial charge is 0.494 e. The fourth-order valence-corrected chi connectivity index (χ4v) is 12.7. The van der Waals surface area contributed by atoms with Crippen molar-refractivity contribution in [3.05, 3.63) is 86.8 Å². The van der Waals surface area contributed by atoms with Crippen LogP contribution >= 0.6 is 23.1 Å². The van der Waals surface area contributed by atoms with E-state index in [0.717, 1.165) is 99.1 Å². The number of halogens is 2. The summed E-state index contributed by atoms with van der Waals surface area (Å²) in [5.74, 6) is -0.240. The summed E-state index contributed by atoms with van der Waals surface area (Å²) >= 11 is 3.63. The van der Waals surface area contributed by atoms with Gasteiger partial charge in [-0.15, -0.1) is 0 Å². The lowest BCUT2D eigenvalue weighted by Crippen LogP contribution is -2.57. The molecule has 0 saturated carbocycles. The van der Waals surface area contributed by atoms with Crippen molar-refractivity contribution >= 4 is 96.7 Å². The van der Waals surface area contributed by atoms with Gasteiger partial charge in [0.1, 0.15) is 30.6 Å². The smallest absolute Gasteiger partial charge is 0.420 e. The Balaban J connectivity index is 0.737. The van der Waals surface area contributed by atoms with E-state index in [2.05, 4.69) is 77.5 Å². The number of anilines is 6. The first-order chi connectivity index (χ1) is 34.2. The van der Waals surface area contributed by atoms with Crippen molar-refractivity contribution in [2.24, 2.45) is 5.92 Å². The monoisotopic (exact) mass is 1050 g/mol.